The van der Waals surface area contributed by atoms with Gasteiger partial charge < -0.3 is 15.6 Å². The fraction of sp³-hybridized carbons (Fsp3) is 0.133. The monoisotopic (exact) mass is 275 g/mol. The van der Waals surface area contributed by atoms with Crippen molar-refractivity contribution in [3.8, 4) is 11.5 Å². The summed E-state index contributed by atoms with van der Waals surface area (Å²) in [5, 5.41) is 9.01. The van der Waals surface area contributed by atoms with Crippen molar-refractivity contribution < 1.29 is 19.0 Å². The number of nitrogens with two attached hydrogens (primary N) is 1. The Balaban J connectivity index is 2.37. The molecule has 3 N–H and O–H groups in total. The summed E-state index contributed by atoms with van der Waals surface area (Å²) in [6.45, 7) is -0.0214. The second kappa shape index (κ2) is 6.16. The number of ether oxygens (including phenoxy) is 1. The van der Waals surface area contributed by atoms with Crippen LogP contribution in [0.4, 0.5) is 4.39 Å². The van der Waals surface area contributed by atoms with Gasteiger partial charge in [0.1, 0.15) is 17.3 Å². The summed E-state index contributed by atoms with van der Waals surface area (Å²) < 4.78 is 18.8. The lowest BCUT2D eigenvalue weighted by Crippen LogP contribution is -2.12. The Hall–Kier alpha value is -2.40. The van der Waals surface area contributed by atoms with Crippen LogP contribution in [0.15, 0.2) is 42.5 Å². The van der Waals surface area contributed by atoms with Gasteiger partial charge in [-0.05, 0) is 36.2 Å². The van der Waals surface area contributed by atoms with E-state index in [9.17, 15) is 9.18 Å². The maximum Gasteiger partial charge on any atom is 0.252 e. The Kier molecular flexibility index (Phi) is 4.32. The highest BCUT2D eigenvalue weighted by atomic mass is 19.1. The van der Waals surface area contributed by atoms with Gasteiger partial charge in [0.05, 0.1) is 5.56 Å². The van der Waals surface area contributed by atoms with Gasteiger partial charge >= 0.3 is 0 Å². The molecule has 0 saturated heterocycles. The molecular weight excluding hydrogens is 261 g/mol. The van der Waals surface area contributed by atoms with Crippen molar-refractivity contribution in [2.24, 2.45) is 5.73 Å². The molecule has 0 atom stereocenters. The summed E-state index contributed by atoms with van der Waals surface area (Å²) in [6, 6.07) is 10.7. The Labute approximate surface area is 115 Å². The van der Waals surface area contributed by atoms with Gasteiger partial charge in [-0.2, -0.15) is 0 Å². The van der Waals surface area contributed by atoms with E-state index in [-0.39, 0.29) is 17.9 Å². The van der Waals surface area contributed by atoms with Crippen molar-refractivity contribution in [3.63, 3.8) is 0 Å². The summed E-state index contributed by atoms with van der Waals surface area (Å²) in [5.41, 5.74) is 5.97. The standard InChI is InChI=1S/C15H14FNO3/c16-11-5-6-14(12(9-11)15(17)19)20-13-4-2-1-3-10(13)7-8-18/h1-6,9,18H,7-8H2,(H2,17,19). The van der Waals surface area contributed by atoms with Gasteiger partial charge in [0.2, 0.25) is 0 Å². The first-order valence-corrected chi connectivity index (χ1v) is 6.08. The van der Waals surface area contributed by atoms with Crippen LogP contribution in [0.2, 0.25) is 0 Å². The molecule has 0 spiro atoms. The Morgan fingerprint density at radius 2 is 1.95 bits per heavy atom. The van der Waals surface area contributed by atoms with Crippen LogP contribution in [-0.4, -0.2) is 17.6 Å². The van der Waals surface area contributed by atoms with Gasteiger partial charge in [-0.3, -0.25) is 4.79 Å². The number of hydrogen-bond acceptors (Lipinski definition) is 3. The van der Waals surface area contributed by atoms with Crippen LogP contribution in [0.1, 0.15) is 15.9 Å². The molecule has 2 aromatic carbocycles. The van der Waals surface area contributed by atoms with Crippen LogP contribution in [-0.2, 0) is 6.42 Å². The normalized spacial score (nSPS) is 10.3. The van der Waals surface area contributed by atoms with Crippen LogP contribution in [0.3, 0.4) is 0 Å². The van der Waals surface area contributed by atoms with Crippen LogP contribution in [0, 0.1) is 5.82 Å². The van der Waals surface area contributed by atoms with E-state index in [4.69, 9.17) is 15.6 Å². The SMILES string of the molecule is NC(=O)c1cc(F)ccc1Oc1ccccc1CCO. The highest BCUT2D eigenvalue weighted by molar-refractivity contribution is 5.95. The number of aliphatic hydroxyl groups is 1. The van der Waals surface area contributed by atoms with E-state index >= 15 is 0 Å². The lowest BCUT2D eigenvalue weighted by molar-refractivity contribution is 0.0997. The minimum atomic E-state index is -0.765. The summed E-state index contributed by atoms with van der Waals surface area (Å²) in [6.07, 6.45) is 0.420. The highest BCUT2D eigenvalue weighted by Gasteiger charge is 2.13. The molecule has 0 fully saturated rings. The molecule has 20 heavy (non-hydrogen) atoms. The van der Waals surface area contributed by atoms with Crippen molar-refractivity contribution in [2.45, 2.75) is 6.42 Å². The van der Waals surface area contributed by atoms with Crippen molar-refractivity contribution in [2.75, 3.05) is 6.61 Å². The quantitative estimate of drug-likeness (QED) is 0.879. The van der Waals surface area contributed by atoms with Gasteiger partial charge in [0.25, 0.3) is 5.91 Å². The van der Waals surface area contributed by atoms with E-state index in [0.29, 0.717) is 12.2 Å². The number of primary amides is 1. The molecule has 0 aromatic heterocycles. The molecule has 2 rings (SSSR count). The molecule has 0 aliphatic rings. The fourth-order valence-corrected chi connectivity index (χ4v) is 1.83. The van der Waals surface area contributed by atoms with Crippen LogP contribution >= 0.6 is 0 Å². The summed E-state index contributed by atoms with van der Waals surface area (Å²) in [4.78, 5) is 11.3. The number of rotatable bonds is 5. The van der Waals surface area contributed by atoms with E-state index in [1.165, 1.54) is 12.1 Å². The Bertz CT molecular complexity index is 628. The third-order valence-corrected chi connectivity index (χ3v) is 2.78. The number of benzene rings is 2. The number of carbonyl (C=O) groups is 1. The molecule has 0 saturated carbocycles. The summed E-state index contributed by atoms with van der Waals surface area (Å²) in [5.74, 6) is -0.645. The van der Waals surface area contributed by atoms with Gasteiger partial charge in [0, 0.05) is 6.61 Å². The number of aliphatic hydroxyl groups excluding tert-OH is 1. The first-order chi connectivity index (χ1) is 9.61. The number of carbonyl (C=O) groups excluding carboxylic acids is 1. The third-order valence-electron chi connectivity index (χ3n) is 2.78. The average molecular weight is 275 g/mol. The predicted octanol–water partition coefficient (Wildman–Crippen LogP) is 2.25. The van der Waals surface area contributed by atoms with Gasteiger partial charge in [0.15, 0.2) is 0 Å². The zero-order valence-electron chi connectivity index (χ0n) is 10.7. The molecule has 2 aromatic rings. The molecule has 0 aliphatic carbocycles. The Morgan fingerprint density at radius 3 is 2.65 bits per heavy atom. The molecule has 0 radical (unpaired) electrons. The van der Waals surface area contributed by atoms with E-state index in [1.807, 2.05) is 6.07 Å². The summed E-state index contributed by atoms with van der Waals surface area (Å²) >= 11 is 0. The maximum atomic E-state index is 13.1. The molecule has 1 amide bonds. The maximum absolute atomic E-state index is 13.1. The van der Waals surface area contributed by atoms with E-state index in [2.05, 4.69) is 0 Å². The number of amides is 1. The highest BCUT2D eigenvalue weighted by Crippen LogP contribution is 2.28. The predicted molar refractivity (Wildman–Crippen MR) is 72.2 cm³/mol. The van der Waals surface area contributed by atoms with Crippen LogP contribution < -0.4 is 10.5 Å². The zero-order valence-corrected chi connectivity index (χ0v) is 10.7. The smallest absolute Gasteiger partial charge is 0.252 e. The number of halogens is 1. The second-order valence-electron chi connectivity index (χ2n) is 4.19. The van der Waals surface area contributed by atoms with Crippen molar-refractivity contribution in [1.82, 2.24) is 0 Å². The molecular formula is C15H14FNO3. The second-order valence-corrected chi connectivity index (χ2v) is 4.19. The van der Waals surface area contributed by atoms with E-state index in [1.54, 1.807) is 18.2 Å². The van der Waals surface area contributed by atoms with Gasteiger partial charge in [-0.1, -0.05) is 18.2 Å². The first kappa shape index (κ1) is 14.0. The summed E-state index contributed by atoms with van der Waals surface area (Å²) in [7, 11) is 0. The molecule has 104 valence electrons. The van der Waals surface area contributed by atoms with Crippen LogP contribution in [0.25, 0.3) is 0 Å². The zero-order chi connectivity index (χ0) is 14.5. The number of para-hydroxylation sites is 1. The lowest BCUT2D eigenvalue weighted by atomic mass is 10.1. The van der Waals surface area contributed by atoms with Crippen molar-refractivity contribution in [3.05, 3.63) is 59.4 Å². The third kappa shape index (κ3) is 3.13. The molecule has 0 bridgehead atoms. The largest absolute Gasteiger partial charge is 0.456 e. The lowest BCUT2D eigenvalue weighted by Gasteiger charge is -2.12. The molecule has 4 nitrogen and oxygen atoms in total. The average Bonchev–Trinajstić information content (AvgIpc) is 2.43. The fourth-order valence-electron chi connectivity index (χ4n) is 1.83. The first-order valence-electron chi connectivity index (χ1n) is 6.08. The minimum absolute atomic E-state index is 0.0214. The van der Waals surface area contributed by atoms with Gasteiger partial charge in [-0.15, -0.1) is 0 Å². The minimum Gasteiger partial charge on any atom is -0.456 e. The van der Waals surface area contributed by atoms with Gasteiger partial charge in [-0.25, -0.2) is 4.39 Å². The molecule has 0 aliphatic heterocycles. The number of hydrogen-bond donors (Lipinski definition) is 2. The van der Waals surface area contributed by atoms with E-state index in [0.717, 1.165) is 11.6 Å². The van der Waals surface area contributed by atoms with Crippen molar-refractivity contribution >= 4 is 5.91 Å². The molecule has 0 unspecified atom stereocenters. The molecule has 5 heteroatoms. The topological polar surface area (TPSA) is 72.6 Å². The molecule has 0 heterocycles. The van der Waals surface area contributed by atoms with E-state index < -0.39 is 11.7 Å². The Morgan fingerprint density at radius 1 is 1.20 bits per heavy atom. The van der Waals surface area contributed by atoms with Crippen molar-refractivity contribution in [1.29, 1.82) is 0 Å². The van der Waals surface area contributed by atoms with Crippen LogP contribution in [0.5, 0.6) is 11.5 Å².